The van der Waals surface area contributed by atoms with Gasteiger partial charge in [0, 0.05) is 17.5 Å². The van der Waals surface area contributed by atoms with Gasteiger partial charge < -0.3 is 15.0 Å². The van der Waals surface area contributed by atoms with E-state index < -0.39 is 0 Å². The molecule has 2 aromatic rings. The summed E-state index contributed by atoms with van der Waals surface area (Å²) in [6, 6.07) is 15.8. The lowest BCUT2D eigenvalue weighted by Crippen LogP contribution is -2.39. The summed E-state index contributed by atoms with van der Waals surface area (Å²) in [4.78, 5) is 27.4. The lowest BCUT2D eigenvalue weighted by Gasteiger charge is -2.34. The van der Waals surface area contributed by atoms with Crippen molar-refractivity contribution in [2.75, 3.05) is 26.2 Å². The fourth-order valence-electron chi connectivity index (χ4n) is 5.31. The zero-order valence-electron chi connectivity index (χ0n) is 20.5. The Morgan fingerprint density at radius 2 is 1.60 bits per heavy atom. The number of rotatable bonds is 10. The van der Waals surface area contributed by atoms with Gasteiger partial charge in [0.05, 0.1) is 13.0 Å². The molecule has 35 heavy (non-hydrogen) atoms. The number of nitrogens with zero attached hydrogens (tertiary/aromatic N) is 1. The number of Topliss-reactive ketones (excluding diaryl/α,β-unsaturated/α-hetero) is 1. The molecule has 2 aromatic carbocycles. The summed E-state index contributed by atoms with van der Waals surface area (Å²) < 4.78 is 18.7. The zero-order chi connectivity index (χ0) is 24.5. The number of hydrogen-bond acceptors (Lipinski definition) is 4. The minimum Gasteiger partial charge on any atom is -0.493 e. The second kappa shape index (κ2) is 12.8. The Bertz CT molecular complexity index is 934. The molecule has 1 saturated heterocycles. The van der Waals surface area contributed by atoms with Crippen LogP contribution >= 0.6 is 0 Å². The number of nitrogens with one attached hydrogen (secondary N) is 1. The highest BCUT2D eigenvalue weighted by molar-refractivity contribution is 5.97. The number of carbonyl (C=O) groups is 2. The van der Waals surface area contributed by atoms with E-state index in [0.29, 0.717) is 24.5 Å². The van der Waals surface area contributed by atoms with E-state index in [4.69, 9.17) is 4.74 Å². The molecule has 1 aliphatic carbocycles. The van der Waals surface area contributed by atoms with E-state index in [2.05, 4.69) is 10.2 Å². The average molecular weight is 481 g/mol. The zero-order valence-corrected chi connectivity index (χ0v) is 20.5. The number of amides is 1. The van der Waals surface area contributed by atoms with Crippen molar-refractivity contribution in [2.45, 2.75) is 57.4 Å². The number of para-hydroxylation sites is 1. The van der Waals surface area contributed by atoms with Crippen LogP contribution in [0.3, 0.4) is 0 Å². The summed E-state index contributed by atoms with van der Waals surface area (Å²) in [5, 5.41) is 3.18. The SMILES string of the molecule is O=C(CCOc1ccccc1)NC1CCC(CCN2CCC(C(=O)c3ccc(F)cc3)CC2)CC1. The lowest BCUT2D eigenvalue weighted by atomic mass is 9.83. The highest BCUT2D eigenvalue weighted by Crippen LogP contribution is 2.28. The molecule has 188 valence electrons. The van der Waals surface area contributed by atoms with E-state index in [1.807, 2.05) is 30.3 Å². The molecule has 4 rings (SSSR count). The lowest BCUT2D eigenvalue weighted by molar-refractivity contribution is -0.122. The van der Waals surface area contributed by atoms with Crippen LogP contribution < -0.4 is 10.1 Å². The van der Waals surface area contributed by atoms with Gasteiger partial charge in [0.15, 0.2) is 5.78 Å². The molecule has 0 unspecified atom stereocenters. The number of likely N-dealkylation sites (tertiary alicyclic amines) is 1. The molecular formula is C29H37FN2O3. The molecule has 1 aliphatic heterocycles. The monoisotopic (exact) mass is 480 g/mol. The molecule has 0 spiro atoms. The smallest absolute Gasteiger partial charge is 0.223 e. The van der Waals surface area contributed by atoms with Crippen molar-refractivity contribution in [2.24, 2.45) is 11.8 Å². The standard InChI is InChI=1S/C29H37FN2O3/c30-25-10-8-23(9-11-25)29(34)24-15-19-32(20-16-24)18-14-22-6-12-26(13-7-22)31-28(33)17-21-35-27-4-2-1-3-5-27/h1-5,8-11,22,24,26H,6-7,12-21H2,(H,31,33). The maximum atomic E-state index is 13.1. The molecule has 1 saturated carbocycles. The van der Waals surface area contributed by atoms with Crippen molar-refractivity contribution in [3.63, 3.8) is 0 Å². The van der Waals surface area contributed by atoms with Crippen molar-refractivity contribution < 1.29 is 18.7 Å². The molecule has 1 heterocycles. The van der Waals surface area contributed by atoms with Crippen molar-refractivity contribution in [1.82, 2.24) is 10.2 Å². The molecule has 6 heteroatoms. The number of benzene rings is 2. The Labute approximate surface area is 208 Å². The quantitative estimate of drug-likeness (QED) is 0.472. The maximum Gasteiger partial charge on any atom is 0.223 e. The van der Waals surface area contributed by atoms with E-state index in [9.17, 15) is 14.0 Å². The van der Waals surface area contributed by atoms with E-state index in [1.54, 1.807) is 12.1 Å². The van der Waals surface area contributed by atoms with Crippen molar-refractivity contribution >= 4 is 11.7 Å². The summed E-state index contributed by atoms with van der Waals surface area (Å²) in [6.07, 6.45) is 7.73. The predicted octanol–water partition coefficient (Wildman–Crippen LogP) is 5.25. The number of piperidine rings is 1. The van der Waals surface area contributed by atoms with E-state index in [1.165, 1.54) is 18.6 Å². The number of halogens is 1. The Balaban J connectivity index is 1.07. The second-order valence-corrected chi connectivity index (χ2v) is 9.97. The van der Waals surface area contributed by atoms with Crippen LogP contribution in [0.1, 0.15) is 61.7 Å². The van der Waals surface area contributed by atoms with Crippen molar-refractivity contribution in [3.8, 4) is 5.75 Å². The molecule has 0 radical (unpaired) electrons. The molecule has 1 amide bonds. The van der Waals surface area contributed by atoms with Gasteiger partial charge in [0.25, 0.3) is 0 Å². The first-order valence-electron chi connectivity index (χ1n) is 13.1. The second-order valence-electron chi connectivity index (χ2n) is 9.97. The third kappa shape index (κ3) is 7.89. The van der Waals surface area contributed by atoms with Crippen LogP contribution in [-0.4, -0.2) is 48.9 Å². The first-order chi connectivity index (χ1) is 17.1. The Morgan fingerprint density at radius 1 is 0.914 bits per heavy atom. The summed E-state index contributed by atoms with van der Waals surface area (Å²) in [7, 11) is 0. The molecular weight excluding hydrogens is 443 g/mol. The van der Waals surface area contributed by atoms with Gasteiger partial charge in [-0.2, -0.15) is 0 Å². The fourth-order valence-corrected chi connectivity index (χ4v) is 5.31. The van der Waals surface area contributed by atoms with Crippen LogP contribution in [-0.2, 0) is 4.79 Å². The summed E-state index contributed by atoms with van der Waals surface area (Å²) in [6.45, 7) is 3.38. The number of ketones is 1. The summed E-state index contributed by atoms with van der Waals surface area (Å²) in [5.41, 5.74) is 0.623. The van der Waals surface area contributed by atoms with E-state index >= 15 is 0 Å². The van der Waals surface area contributed by atoms with Gasteiger partial charge in [-0.25, -0.2) is 4.39 Å². The van der Waals surface area contributed by atoms with Gasteiger partial charge in [-0.05, 0) is 107 Å². The predicted molar refractivity (Wildman–Crippen MR) is 135 cm³/mol. The van der Waals surface area contributed by atoms with Crippen LogP contribution in [0, 0.1) is 17.7 Å². The van der Waals surface area contributed by atoms with Crippen molar-refractivity contribution in [1.29, 1.82) is 0 Å². The molecule has 0 bridgehead atoms. The van der Waals surface area contributed by atoms with Gasteiger partial charge >= 0.3 is 0 Å². The first-order valence-corrected chi connectivity index (χ1v) is 13.1. The number of carbonyl (C=O) groups excluding carboxylic acids is 2. The van der Waals surface area contributed by atoms with Crippen LogP contribution in [0.2, 0.25) is 0 Å². The highest BCUT2D eigenvalue weighted by atomic mass is 19.1. The largest absolute Gasteiger partial charge is 0.493 e. The maximum absolute atomic E-state index is 13.1. The molecule has 2 fully saturated rings. The number of ether oxygens (including phenoxy) is 1. The highest BCUT2D eigenvalue weighted by Gasteiger charge is 2.27. The molecule has 0 atom stereocenters. The van der Waals surface area contributed by atoms with Gasteiger partial charge in [-0.3, -0.25) is 9.59 Å². The van der Waals surface area contributed by atoms with Gasteiger partial charge in [0.2, 0.25) is 5.91 Å². The molecule has 1 N–H and O–H groups in total. The first kappa shape index (κ1) is 25.4. The normalized spacial score (nSPS) is 21.4. The van der Waals surface area contributed by atoms with Crippen LogP contribution in [0.25, 0.3) is 0 Å². The fraction of sp³-hybridized carbons (Fsp3) is 0.517. The van der Waals surface area contributed by atoms with Crippen LogP contribution in [0.5, 0.6) is 5.75 Å². The van der Waals surface area contributed by atoms with Gasteiger partial charge in [0.1, 0.15) is 11.6 Å². The van der Waals surface area contributed by atoms with E-state index in [0.717, 1.165) is 63.9 Å². The molecule has 5 nitrogen and oxygen atoms in total. The summed E-state index contributed by atoms with van der Waals surface area (Å²) in [5.74, 6) is 1.47. The minimum atomic E-state index is -0.304. The van der Waals surface area contributed by atoms with Gasteiger partial charge in [-0.1, -0.05) is 18.2 Å². The minimum absolute atomic E-state index is 0.0499. The van der Waals surface area contributed by atoms with Crippen molar-refractivity contribution in [3.05, 3.63) is 66.0 Å². The average Bonchev–Trinajstić information content (AvgIpc) is 2.89. The third-order valence-electron chi connectivity index (χ3n) is 7.49. The topological polar surface area (TPSA) is 58.6 Å². The van der Waals surface area contributed by atoms with Crippen LogP contribution in [0.4, 0.5) is 4.39 Å². The van der Waals surface area contributed by atoms with Crippen LogP contribution in [0.15, 0.2) is 54.6 Å². The number of hydrogen-bond donors (Lipinski definition) is 1. The Kier molecular flexibility index (Phi) is 9.29. The van der Waals surface area contributed by atoms with Gasteiger partial charge in [-0.15, -0.1) is 0 Å². The Morgan fingerprint density at radius 3 is 2.29 bits per heavy atom. The third-order valence-corrected chi connectivity index (χ3v) is 7.49. The molecule has 0 aromatic heterocycles. The molecule has 2 aliphatic rings. The van der Waals surface area contributed by atoms with E-state index in [-0.39, 0.29) is 29.5 Å². The Hall–Kier alpha value is -2.73. The summed E-state index contributed by atoms with van der Waals surface area (Å²) >= 11 is 0.